The Hall–Kier alpha value is -3.22. The summed E-state index contributed by atoms with van der Waals surface area (Å²) in [6.07, 6.45) is 2.03. The number of aliphatic hydroxyl groups is 1. The molecule has 0 radical (unpaired) electrons. The second-order valence-corrected chi connectivity index (χ2v) is 10.6. The molecule has 1 saturated heterocycles. The topological polar surface area (TPSA) is 97.4 Å². The van der Waals surface area contributed by atoms with Gasteiger partial charge in [-0.25, -0.2) is 4.98 Å². The minimum atomic E-state index is -4.50. The zero-order valence-electron chi connectivity index (χ0n) is 22.5. The van der Waals surface area contributed by atoms with Crippen molar-refractivity contribution in [3.63, 3.8) is 0 Å². The third kappa shape index (κ3) is 5.79. The van der Waals surface area contributed by atoms with Crippen LogP contribution >= 0.6 is 0 Å². The van der Waals surface area contributed by atoms with Crippen molar-refractivity contribution in [1.29, 1.82) is 0 Å². The Morgan fingerprint density at radius 2 is 2.02 bits per heavy atom. The number of nitrogens with zero attached hydrogens (tertiary/aromatic N) is 5. The molecule has 2 aliphatic rings. The van der Waals surface area contributed by atoms with Crippen LogP contribution in [0.2, 0.25) is 0 Å². The van der Waals surface area contributed by atoms with E-state index in [0.717, 1.165) is 30.9 Å². The minimum Gasteiger partial charge on any atom is -0.385 e. The highest BCUT2D eigenvalue weighted by Crippen LogP contribution is 2.41. The van der Waals surface area contributed by atoms with Gasteiger partial charge in [0, 0.05) is 51.1 Å². The van der Waals surface area contributed by atoms with Gasteiger partial charge in [0.2, 0.25) is 0 Å². The number of nitrogens with one attached hydrogen (secondary N) is 1. The summed E-state index contributed by atoms with van der Waals surface area (Å²) < 4.78 is 47.6. The van der Waals surface area contributed by atoms with Crippen LogP contribution in [0.15, 0.2) is 48.9 Å². The van der Waals surface area contributed by atoms with E-state index in [1.54, 1.807) is 18.3 Å². The van der Waals surface area contributed by atoms with E-state index < -0.39 is 17.5 Å². The molecule has 1 aromatic carbocycles. The van der Waals surface area contributed by atoms with Crippen LogP contribution in [-0.4, -0.2) is 80.2 Å². The number of piperazine rings is 1. The molecule has 2 aromatic heterocycles. The lowest BCUT2D eigenvalue weighted by atomic mass is 9.80. The Morgan fingerprint density at radius 3 is 2.75 bits per heavy atom. The molecule has 3 heterocycles. The summed E-state index contributed by atoms with van der Waals surface area (Å²) in [7, 11) is 1.57. The predicted octanol–water partition coefficient (Wildman–Crippen LogP) is 3.76. The smallest absolute Gasteiger partial charge is 0.385 e. The molecule has 1 aliphatic heterocycles. The highest BCUT2D eigenvalue weighted by atomic mass is 19.4. The molecule has 1 aliphatic carbocycles. The molecule has 1 amide bonds. The fourth-order valence-electron chi connectivity index (χ4n) is 6.00. The van der Waals surface area contributed by atoms with Crippen molar-refractivity contribution in [2.24, 2.45) is 0 Å². The molecule has 1 saturated carbocycles. The zero-order chi connectivity index (χ0) is 28.3. The first-order valence-corrected chi connectivity index (χ1v) is 13.7. The first kappa shape index (κ1) is 28.3. The molecule has 2 N–H and O–H groups in total. The first-order valence-electron chi connectivity index (χ1n) is 13.7. The minimum absolute atomic E-state index is 0.177. The molecule has 0 unspecified atom stereocenters. The van der Waals surface area contributed by atoms with Gasteiger partial charge in [0.25, 0.3) is 5.91 Å². The van der Waals surface area contributed by atoms with Crippen molar-refractivity contribution in [3.05, 3.63) is 60.3 Å². The number of halogens is 3. The van der Waals surface area contributed by atoms with Crippen LogP contribution in [0.5, 0.6) is 0 Å². The molecule has 3 atom stereocenters. The number of carbonyl (C=O) groups excluding carboxylic acids is 1. The largest absolute Gasteiger partial charge is 0.435 e. The van der Waals surface area contributed by atoms with E-state index in [2.05, 4.69) is 15.4 Å². The lowest BCUT2D eigenvalue weighted by molar-refractivity contribution is -0.141. The Labute approximate surface area is 230 Å². The molecule has 2 fully saturated rings. The number of hydrogen-bond acceptors (Lipinski definition) is 6. The molecule has 40 heavy (non-hydrogen) atoms. The molecule has 3 aromatic rings. The van der Waals surface area contributed by atoms with Gasteiger partial charge in [-0.05, 0) is 25.3 Å². The number of carbonyl (C=O) groups is 1. The number of hydrogen-bond donors (Lipinski definition) is 2. The van der Waals surface area contributed by atoms with Crippen LogP contribution in [-0.2, 0) is 17.5 Å². The van der Waals surface area contributed by atoms with Gasteiger partial charge < -0.3 is 24.6 Å². The summed E-state index contributed by atoms with van der Waals surface area (Å²) in [5.41, 5.74) is -0.269. The average Bonchev–Trinajstić information content (AvgIpc) is 3.60. The summed E-state index contributed by atoms with van der Waals surface area (Å²) in [5.74, 6) is -0.244. The van der Waals surface area contributed by atoms with E-state index in [4.69, 9.17) is 4.74 Å². The van der Waals surface area contributed by atoms with E-state index >= 15 is 0 Å². The fourth-order valence-corrected chi connectivity index (χ4v) is 6.00. The van der Waals surface area contributed by atoms with Gasteiger partial charge in [-0.1, -0.05) is 43.2 Å². The maximum atomic E-state index is 14.1. The van der Waals surface area contributed by atoms with Gasteiger partial charge in [0.1, 0.15) is 5.60 Å². The molecule has 12 heteroatoms. The van der Waals surface area contributed by atoms with Crippen LogP contribution < -0.4 is 5.32 Å². The highest BCUT2D eigenvalue weighted by molar-refractivity contribution is 5.98. The molecule has 0 bridgehead atoms. The third-order valence-corrected chi connectivity index (χ3v) is 7.96. The number of methoxy groups -OCH3 is 1. The quantitative estimate of drug-likeness (QED) is 0.436. The van der Waals surface area contributed by atoms with Gasteiger partial charge in [-0.15, -0.1) is 0 Å². The van der Waals surface area contributed by atoms with E-state index in [-0.39, 0.29) is 31.1 Å². The maximum absolute atomic E-state index is 14.1. The Bertz CT molecular complexity index is 1290. The van der Waals surface area contributed by atoms with E-state index in [0.29, 0.717) is 43.9 Å². The first-order chi connectivity index (χ1) is 19.2. The molecule has 216 valence electrons. The monoisotopic (exact) mass is 560 g/mol. The Morgan fingerprint density at radius 1 is 1.23 bits per heavy atom. The number of aromatic nitrogens is 4. The second kappa shape index (κ2) is 11.7. The van der Waals surface area contributed by atoms with Crippen molar-refractivity contribution in [2.45, 2.75) is 62.5 Å². The summed E-state index contributed by atoms with van der Waals surface area (Å²) in [6.45, 7) is 1.96. The van der Waals surface area contributed by atoms with Gasteiger partial charge in [-0.2, -0.15) is 18.3 Å². The fraction of sp³-hybridized carbons (Fsp3) is 0.536. The van der Waals surface area contributed by atoms with E-state index in [1.165, 1.54) is 10.9 Å². The number of alkyl halides is 3. The van der Waals surface area contributed by atoms with Crippen molar-refractivity contribution in [1.82, 2.24) is 29.5 Å². The number of imidazole rings is 1. The Kier molecular flexibility index (Phi) is 8.29. The number of benzene rings is 1. The van der Waals surface area contributed by atoms with Crippen molar-refractivity contribution in [2.75, 3.05) is 33.4 Å². The SMILES string of the molecule is COC[C@]1(O)CCCC[C@H]1n1cnc(C(=O)N2CCNC[C@H]2CCn2ccc(C(F)(F)F)n2)c1-c1ccccc1. The predicted molar refractivity (Wildman–Crippen MR) is 142 cm³/mol. The van der Waals surface area contributed by atoms with Crippen molar-refractivity contribution in [3.8, 4) is 11.3 Å². The second-order valence-electron chi connectivity index (χ2n) is 10.6. The molecular formula is C28H35F3N6O3. The van der Waals surface area contributed by atoms with E-state index in [1.807, 2.05) is 34.9 Å². The Balaban J connectivity index is 1.44. The summed E-state index contributed by atoms with van der Waals surface area (Å²) in [4.78, 5) is 20.5. The zero-order valence-corrected chi connectivity index (χ0v) is 22.5. The standard InChI is InChI=1S/C28H35F3N6O3/c1-40-18-27(39)12-6-5-9-23(27)37-19-33-24(25(37)20-7-3-2-4-8-20)26(38)36-16-13-32-17-21(36)10-14-35-15-11-22(34-35)28(29,30)31/h2-4,7-8,11,15,19,21,23,32,39H,5-6,9-10,12-14,16-18H2,1H3/t21-,23-,27-/m1/s1. The highest BCUT2D eigenvalue weighted by Gasteiger charge is 2.42. The average molecular weight is 561 g/mol. The van der Waals surface area contributed by atoms with Gasteiger partial charge in [0.05, 0.1) is 24.7 Å². The lowest BCUT2D eigenvalue weighted by Gasteiger charge is -2.41. The van der Waals surface area contributed by atoms with Gasteiger partial charge in [0.15, 0.2) is 11.4 Å². The maximum Gasteiger partial charge on any atom is 0.435 e. The number of ether oxygens (including phenoxy) is 1. The van der Waals surface area contributed by atoms with Crippen molar-refractivity contribution >= 4 is 5.91 Å². The van der Waals surface area contributed by atoms with Crippen LogP contribution in [0.3, 0.4) is 0 Å². The van der Waals surface area contributed by atoms with E-state index in [9.17, 15) is 23.1 Å². The van der Waals surface area contributed by atoms with Crippen LogP contribution in [0.4, 0.5) is 13.2 Å². The summed E-state index contributed by atoms with van der Waals surface area (Å²) in [5, 5.41) is 18.5. The normalized spacial score (nSPS) is 23.9. The third-order valence-electron chi connectivity index (χ3n) is 7.96. The summed E-state index contributed by atoms with van der Waals surface area (Å²) in [6, 6.07) is 9.93. The molecular weight excluding hydrogens is 525 g/mol. The van der Waals surface area contributed by atoms with Crippen LogP contribution in [0.1, 0.15) is 54.3 Å². The number of aryl methyl sites for hydroxylation is 1. The van der Waals surface area contributed by atoms with Gasteiger partial charge >= 0.3 is 6.18 Å². The molecule has 0 spiro atoms. The van der Waals surface area contributed by atoms with Crippen molar-refractivity contribution < 1.29 is 27.8 Å². The van der Waals surface area contributed by atoms with Crippen LogP contribution in [0, 0.1) is 0 Å². The number of rotatable bonds is 8. The lowest BCUT2D eigenvalue weighted by Crippen LogP contribution is -2.54. The molecule has 9 nitrogen and oxygen atoms in total. The number of amides is 1. The molecule has 5 rings (SSSR count). The summed E-state index contributed by atoms with van der Waals surface area (Å²) >= 11 is 0. The van der Waals surface area contributed by atoms with Gasteiger partial charge in [-0.3, -0.25) is 9.48 Å². The van der Waals surface area contributed by atoms with Crippen LogP contribution in [0.25, 0.3) is 11.3 Å².